The molecule has 9 nitrogen and oxygen atoms in total. The Bertz CT molecular complexity index is 753. The van der Waals surface area contributed by atoms with Gasteiger partial charge in [-0.3, -0.25) is 10.6 Å². The Morgan fingerprint density at radius 3 is 1.50 bits per heavy atom. The minimum Gasteiger partial charge on any atom is -0.445 e. The Hall–Kier alpha value is -3.00. The third kappa shape index (κ3) is 9.47. The average Bonchev–Trinajstić information content (AvgIpc) is 2.72. The van der Waals surface area contributed by atoms with E-state index in [1.165, 1.54) is 13.8 Å². The molecule has 2 amide bonds. The number of benzene rings is 2. The molecule has 0 aliphatic rings. The largest absolute Gasteiger partial charge is 0.701 e. The molecule has 30 heavy (non-hydrogen) atoms. The van der Waals surface area contributed by atoms with Crippen LogP contribution in [-0.2, 0) is 36.3 Å². The molecular formula is C20H24N2O7P+. The minimum absolute atomic E-state index is 0.0913. The van der Waals surface area contributed by atoms with E-state index in [0.29, 0.717) is 0 Å². The number of carbonyl (C=O) groups is 2. The molecule has 2 unspecified atom stereocenters. The van der Waals surface area contributed by atoms with Gasteiger partial charge in [0.25, 0.3) is 0 Å². The van der Waals surface area contributed by atoms with Crippen molar-refractivity contribution in [2.75, 3.05) is 0 Å². The van der Waals surface area contributed by atoms with Crippen molar-refractivity contribution in [3.63, 3.8) is 0 Å². The van der Waals surface area contributed by atoms with Crippen LogP contribution < -0.4 is 10.6 Å². The molecule has 160 valence electrons. The van der Waals surface area contributed by atoms with Gasteiger partial charge in [0.2, 0.25) is 0 Å². The van der Waals surface area contributed by atoms with Gasteiger partial charge in [-0.15, -0.1) is 0 Å². The monoisotopic (exact) mass is 435 g/mol. The highest BCUT2D eigenvalue weighted by atomic mass is 31.1. The molecule has 0 heterocycles. The Kier molecular flexibility index (Phi) is 9.73. The number of alkyl carbamates (subject to hydrolysis) is 2. The summed E-state index contributed by atoms with van der Waals surface area (Å²) in [5, 5.41) is 4.75. The summed E-state index contributed by atoms with van der Waals surface area (Å²) < 4.78 is 32.1. The second-order valence-corrected chi connectivity index (χ2v) is 7.00. The Balaban J connectivity index is 1.62. The van der Waals surface area contributed by atoms with E-state index < -0.39 is 32.9 Å². The summed E-state index contributed by atoms with van der Waals surface area (Å²) in [5.41, 5.74) is 1.66. The van der Waals surface area contributed by atoms with Crippen LogP contribution in [0.15, 0.2) is 60.7 Å². The second kappa shape index (κ2) is 12.5. The highest BCUT2D eigenvalue weighted by molar-refractivity contribution is 7.33. The normalized spacial score (nSPS) is 12.9. The highest BCUT2D eigenvalue weighted by Crippen LogP contribution is 2.26. The van der Waals surface area contributed by atoms with Crippen molar-refractivity contribution < 1.29 is 32.7 Å². The summed E-state index contributed by atoms with van der Waals surface area (Å²) in [6, 6.07) is 18.3. The van der Waals surface area contributed by atoms with Gasteiger partial charge in [-0.05, 0) is 25.0 Å². The molecule has 0 spiro atoms. The Morgan fingerprint density at radius 2 is 1.13 bits per heavy atom. The van der Waals surface area contributed by atoms with Crippen LogP contribution in [0, 0.1) is 0 Å². The predicted molar refractivity (Wildman–Crippen MR) is 108 cm³/mol. The maximum absolute atomic E-state index is 11.9. The fraction of sp³-hybridized carbons (Fsp3) is 0.300. The van der Waals surface area contributed by atoms with E-state index in [-0.39, 0.29) is 13.2 Å². The second-order valence-electron chi connectivity index (χ2n) is 6.13. The molecule has 0 radical (unpaired) electrons. The van der Waals surface area contributed by atoms with Gasteiger partial charge < -0.3 is 9.47 Å². The quantitative estimate of drug-likeness (QED) is 0.424. The van der Waals surface area contributed by atoms with Crippen LogP contribution in [0.1, 0.15) is 25.0 Å². The van der Waals surface area contributed by atoms with Crippen LogP contribution >= 0.6 is 8.25 Å². The van der Waals surface area contributed by atoms with Crippen molar-refractivity contribution >= 4 is 20.4 Å². The van der Waals surface area contributed by atoms with Crippen LogP contribution in [0.5, 0.6) is 0 Å². The van der Waals surface area contributed by atoms with Gasteiger partial charge in [-0.1, -0.05) is 69.7 Å². The number of hydrogen-bond donors (Lipinski definition) is 2. The number of nitrogens with one attached hydrogen (secondary N) is 2. The van der Waals surface area contributed by atoms with Crippen molar-refractivity contribution in [3.05, 3.63) is 71.8 Å². The number of amides is 2. The van der Waals surface area contributed by atoms with Crippen LogP contribution in [0.4, 0.5) is 9.59 Å². The van der Waals surface area contributed by atoms with E-state index >= 15 is 0 Å². The molecule has 0 bridgehead atoms. The lowest BCUT2D eigenvalue weighted by atomic mass is 10.2. The van der Waals surface area contributed by atoms with Gasteiger partial charge in [0.15, 0.2) is 12.5 Å². The highest BCUT2D eigenvalue weighted by Gasteiger charge is 2.30. The average molecular weight is 435 g/mol. The van der Waals surface area contributed by atoms with Crippen molar-refractivity contribution in [2.45, 2.75) is 39.5 Å². The molecule has 0 aliphatic heterocycles. The summed E-state index contributed by atoms with van der Waals surface area (Å²) >= 11 is 0. The van der Waals surface area contributed by atoms with Crippen molar-refractivity contribution in [2.24, 2.45) is 0 Å². The van der Waals surface area contributed by atoms with Crippen LogP contribution in [0.25, 0.3) is 0 Å². The number of hydrogen-bond acceptors (Lipinski definition) is 7. The fourth-order valence-corrected chi connectivity index (χ4v) is 2.87. The maximum atomic E-state index is 11.9. The predicted octanol–water partition coefficient (Wildman–Crippen LogP) is 4.22. The summed E-state index contributed by atoms with van der Waals surface area (Å²) in [7, 11) is -2.62. The van der Waals surface area contributed by atoms with Crippen molar-refractivity contribution in [1.29, 1.82) is 0 Å². The third-order valence-electron chi connectivity index (χ3n) is 3.56. The molecule has 2 aromatic rings. The molecule has 2 rings (SSSR count). The summed E-state index contributed by atoms with van der Waals surface area (Å²) in [5.74, 6) is 0. The van der Waals surface area contributed by atoms with Gasteiger partial charge in [0.05, 0.1) is 0 Å². The van der Waals surface area contributed by atoms with Crippen LogP contribution in [-0.4, -0.2) is 24.6 Å². The van der Waals surface area contributed by atoms with Gasteiger partial charge >= 0.3 is 20.4 Å². The van der Waals surface area contributed by atoms with E-state index in [4.69, 9.17) is 18.5 Å². The summed E-state index contributed by atoms with van der Waals surface area (Å²) in [4.78, 5) is 23.5. The van der Waals surface area contributed by atoms with E-state index in [1.54, 1.807) is 0 Å². The van der Waals surface area contributed by atoms with E-state index in [2.05, 4.69) is 10.6 Å². The van der Waals surface area contributed by atoms with E-state index in [1.807, 2.05) is 60.7 Å². The number of ether oxygens (including phenoxy) is 2. The lowest BCUT2D eigenvalue weighted by Crippen LogP contribution is -2.35. The number of carbonyl (C=O) groups excluding carboxylic acids is 2. The number of rotatable bonds is 10. The van der Waals surface area contributed by atoms with E-state index in [9.17, 15) is 14.2 Å². The maximum Gasteiger partial charge on any atom is 0.701 e. The first-order chi connectivity index (χ1) is 14.4. The zero-order valence-electron chi connectivity index (χ0n) is 16.6. The van der Waals surface area contributed by atoms with Crippen molar-refractivity contribution in [1.82, 2.24) is 10.6 Å². The van der Waals surface area contributed by atoms with Gasteiger partial charge in [-0.25, -0.2) is 9.59 Å². The standard InChI is InChI=1S/C20H23N2O7P/c1-15(21-19(23)26-13-17-9-5-3-6-10-17)28-30(25)29-16(2)22-20(24)27-14-18-11-7-4-8-12-18/h3-12,15-16H,13-14H2,1-2H3,(H-,21,22,23,24)/p+1. The van der Waals surface area contributed by atoms with Gasteiger partial charge in [0, 0.05) is 4.57 Å². The first-order valence-electron chi connectivity index (χ1n) is 9.17. The molecule has 0 saturated carbocycles. The Morgan fingerprint density at radius 1 is 0.767 bits per heavy atom. The Labute approximate surface area is 175 Å². The summed E-state index contributed by atoms with van der Waals surface area (Å²) in [6.07, 6.45) is -3.33. The summed E-state index contributed by atoms with van der Waals surface area (Å²) in [6.45, 7) is 3.11. The molecule has 0 aromatic heterocycles. The molecule has 0 saturated heterocycles. The molecule has 0 aliphatic carbocycles. The van der Waals surface area contributed by atoms with Gasteiger partial charge in [0.1, 0.15) is 13.2 Å². The van der Waals surface area contributed by atoms with Gasteiger partial charge in [-0.2, -0.15) is 0 Å². The molecule has 10 heteroatoms. The molecule has 2 aromatic carbocycles. The zero-order valence-corrected chi connectivity index (χ0v) is 17.5. The molecule has 0 fully saturated rings. The van der Waals surface area contributed by atoms with Crippen LogP contribution in [0.2, 0.25) is 0 Å². The lowest BCUT2D eigenvalue weighted by molar-refractivity contribution is 0.0864. The third-order valence-corrected chi connectivity index (χ3v) is 4.53. The first-order valence-corrected chi connectivity index (χ1v) is 10.3. The zero-order chi connectivity index (χ0) is 21.8. The minimum atomic E-state index is -2.62. The molecular weight excluding hydrogens is 411 g/mol. The molecule has 2 N–H and O–H groups in total. The SMILES string of the molecule is CC(NC(=O)OCc1ccccc1)O[P+](=O)OC(C)NC(=O)OCc1ccccc1. The topological polar surface area (TPSA) is 112 Å². The van der Waals surface area contributed by atoms with Crippen molar-refractivity contribution in [3.8, 4) is 0 Å². The fourth-order valence-electron chi connectivity index (χ4n) is 2.20. The molecule has 2 atom stereocenters. The van der Waals surface area contributed by atoms with E-state index in [0.717, 1.165) is 11.1 Å². The van der Waals surface area contributed by atoms with Crippen LogP contribution in [0.3, 0.4) is 0 Å². The first kappa shape index (κ1) is 23.3. The lowest BCUT2D eigenvalue weighted by Gasteiger charge is -2.11. The smallest absolute Gasteiger partial charge is 0.445 e.